The second-order valence-corrected chi connectivity index (χ2v) is 6.55. The van der Waals surface area contributed by atoms with Gasteiger partial charge in [-0.1, -0.05) is 34.7 Å². The fourth-order valence-electron chi connectivity index (χ4n) is 2.35. The molecule has 2 heterocycles. The van der Waals surface area contributed by atoms with Crippen molar-refractivity contribution >= 4 is 44.2 Å². The number of carbonyl (C=O) groups excluding carboxylic acids is 2. The molecule has 0 saturated heterocycles. The predicted octanol–water partition coefficient (Wildman–Crippen LogP) is 3.49. The number of nitrogens with one attached hydrogen (secondary N) is 2. The molecule has 9 heteroatoms. The normalized spacial score (nSPS) is 10.7. The maximum absolute atomic E-state index is 12.3. The third-order valence-corrected chi connectivity index (χ3v) is 4.54. The molecule has 0 aliphatic carbocycles. The summed E-state index contributed by atoms with van der Waals surface area (Å²) in [5.41, 5.74) is 1.11. The number of fused-ring (bicyclic) bond motifs is 1. The molecule has 0 atom stereocenters. The second kappa shape index (κ2) is 6.89. The van der Waals surface area contributed by atoms with Crippen molar-refractivity contribution in [1.29, 1.82) is 0 Å². The first-order chi connectivity index (χ1) is 13.1. The summed E-state index contributed by atoms with van der Waals surface area (Å²) in [5, 5.41) is 18.6. The molecular weight excluding hydrogens is 368 g/mol. The van der Waals surface area contributed by atoms with E-state index in [9.17, 15) is 14.7 Å². The van der Waals surface area contributed by atoms with Crippen LogP contribution in [0.5, 0.6) is 5.75 Å². The van der Waals surface area contributed by atoms with Crippen molar-refractivity contribution < 1.29 is 19.2 Å². The lowest BCUT2D eigenvalue weighted by Crippen LogP contribution is -2.13. The molecule has 2 aromatic carbocycles. The summed E-state index contributed by atoms with van der Waals surface area (Å²) >= 11 is 1.33. The fourth-order valence-corrected chi connectivity index (χ4v) is 3.21. The van der Waals surface area contributed by atoms with E-state index in [0.717, 1.165) is 10.2 Å². The summed E-state index contributed by atoms with van der Waals surface area (Å²) in [4.78, 5) is 28.8. The molecule has 8 nitrogen and oxygen atoms in total. The van der Waals surface area contributed by atoms with E-state index in [1.54, 1.807) is 12.1 Å². The lowest BCUT2D eigenvalue weighted by Gasteiger charge is -2.02. The van der Waals surface area contributed by atoms with Gasteiger partial charge in [-0.15, -0.1) is 0 Å². The van der Waals surface area contributed by atoms with Gasteiger partial charge in [-0.25, -0.2) is 4.98 Å². The highest BCUT2D eigenvalue weighted by Crippen LogP contribution is 2.25. The average molecular weight is 380 g/mol. The smallest absolute Gasteiger partial charge is 0.296 e. The molecule has 27 heavy (non-hydrogen) atoms. The molecule has 0 bridgehead atoms. The summed E-state index contributed by atoms with van der Waals surface area (Å²) in [6, 6.07) is 14.8. The SMILES string of the molecule is O=C(Nc1cccc(O)c1)c1cc(C(=O)Nc2nc3ccccc3s2)on1. The van der Waals surface area contributed by atoms with Gasteiger partial charge < -0.3 is 14.9 Å². The number of phenolic OH excluding ortho intramolecular Hbond substituents is 1. The van der Waals surface area contributed by atoms with Gasteiger partial charge in [-0.2, -0.15) is 0 Å². The van der Waals surface area contributed by atoms with Crippen LogP contribution in [0.2, 0.25) is 0 Å². The van der Waals surface area contributed by atoms with Crippen molar-refractivity contribution in [3.8, 4) is 5.75 Å². The van der Waals surface area contributed by atoms with Gasteiger partial charge in [0.2, 0.25) is 5.76 Å². The summed E-state index contributed by atoms with van der Waals surface area (Å²) in [6.45, 7) is 0. The molecule has 0 unspecified atom stereocenters. The number of para-hydroxylation sites is 1. The van der Waals surface area contributed by atoms with E-state index >= 15 is 0 Å². The van der Waals surface area contributed by atoms with E-state index < -0.39 is 11.8 Å². The molecule has 4 rings (SSSR count). The second-order valence-electron chi connectivity index (χ2n) is 5.52. The number of rotatable bonds is 4. The van der Waals surface area contributed by atoms with Crippen LogP contribution in [0.1, 0.15) is 21.0 Å². The average Bonchev–Trinajstić information content (AvgIpc) is 3.28. The Hall–Kier alpha value is -3.72. The van der Waals surface area contributed by atoms with Crippen LogP contribution >= 0.6 is 11.3 Å². The van der Waals surface area contributed by atoms with E-state index in [1.807, 2.05) is 24.3 Å². The number of hydrogen-bond donors (Lipinski definition) is 3. The number of aromatic nitrogens is 2. The molecule has 2 amide bonds. The highest BCUT2D eigenvalue weighted by molar-refractivity contribution is 7.22. The van der Waals surface area contributed by atoms with Gasteiger partial charge in [0.25, 0.3) is 11.8 Å². The molecular formula is C18H12N4O4S. The van der Waals surface area contributed by atoms with Crippen LogP contribution in [0.4, 0.5) is 10.8 Å². The van der Waals surface area contributed by atoms with Crippen LogP contribution in [0.15, 0.2) is 59.1 Å². The first-order valence-corrected chi connectivity index (χ1v) is 8.64. The Morgan fingerprint density at radius 1 is 1.00 bits per heavy atom. The van der Waals surface area contributed by atoms with Gasteiger partial charge in [0.05, 0.1) is 10.2 Å². The van der Waals surface area contributed by atoms with Crippen molar-refractivity contribution in [2.45, 2.75) is 0 Å². The van der Waals surface area contributed by atoms with E-state index in [4.69, 9.17) is 4.52 Å². The zero-order valence-electron chi connectivity index (χ0n) is 13.7. The molecule has 134 valence electrons. The third kappa shape index (κ3) is 3.62. The highest BCUT2D eigenvalue weighted by atomic mass is 32.1. The number of anilines is 2. The number of amides is 2. The van der Waals surface area contributed by atoms with Gasteiger partial charge in [0.1, 0.15) is 5.75 Å². The predicted molar refractivity (Wildman–Crippen MR) is 100 cm³/mol. The molecule has 0 spiro atoms. The van der Waals surface area contributed by atoms with Gasteiger partial charge in [0, 0.05) is 17.8 Å². The minimum atomic E-state index is -0.566. The van der Waals surface area contributed by atoms with E-state index in [2.05, 4.69) is 20.8 Å². The lowest BCUT2D eigenvalue weighted by molar-refractivity contribution is 0.0980. The van der Waals surface area contributed by atoms with E-state index in [0.29, 0.717) is 10.8 Å². The number of aromatic hydroxyl groups is 1. The largest absolute Gasteiger partial charge is 0.508 e. The molecule has 0 aliphatic rings. The summed E-state index contributed by atoms with van der Waals surface area (Å²) in [7, 11) is 0. The number of thiazole rings is 1. The molecule has 4 aromatic rings. The minimum absolute atomic E-state index is 0.0175. The summed E-state index contributed by atoms with van der Waals surface area (Å²) in [6.07, 6.45) is 0. The van der Waals surface area contributed by atoms with Crippen LogP contribution in [0, 0.1) is 0 Å². The van der Waals surface area contributed by atoms with Gasteiger partial charge in [0.15, 0.2) is 10.8 Å². The monoisotopic (exact) mass is 380 g/mol. The summed E-state index contributed by atoms with van der Waals surface area (Å²) in [5.74, 6) is -1.22. The van der Waals surface area contributed by atoms with Crippen LogP contribution < -0.4 is 10.6 Å². The number of hydrogen-bond acceptors (Lipinski definition) is 7. The van der Waals surface area contributed by atoms with Gasteiger partial charge in [-0.3, -0.25) is 14.9 Å². The van der Waals surface area contributed by atoms with Crippen molar-refractivity contribution in [2.75, 3.05) is 10.6 Å². The Kier molecular flexibility index (Phi) is 4.27. The summed E-state index contributed by atoms with van der Waals surface area (Å²) < 4.78 is 5.90. The number of carbonyl (C=O) groups is 2. The first kappa shape index (κ1) is 16.7. The minimum Gasteiger partial charge on any atom is -0.508 e. The van der Waals surface area contributed by atoms with Crippen molar-refractivity contribution in [3.63, 3.8) is 0 Å². The quantitative estimate of drug-likeness (QED) is 0.499. The molecule has 3 N–H and O–H groups in total. The van der Waals surface area contributed by atoms with Gasteiger partial charge in [-0.05, 0) is 24.3 Å². The fraction of sp³-hybridized carbons (Fsp3) is 0. The molecule has 0 aliphatic heterocycles. The van der Waals surface area contributed by atoms with Crippen LogP contribution in [0.25, 0.3) is 10.2 Å². The Morgan fingerprint density at radius 3 is 2.67 bits per heavy atom. The number of benzene rings is 2. The van der Waals surface area contributed by atoms with Crippen molar-refractivity contribution in [2.24, 2.45) is 0 Å². The topological polar surface area (TPSA) is 117 Å². The standard InChI is InChI=1S/C18H12N4O4S/c23-11-5-3-4-10(8-11)19-16(24)13-9-14(26-22-13)17(25)21-18-20-12-6-1-2-7-15(12)27-18/h1-9,23H,(H,19,24)(H,20,21,25). The maximum Gasteiger partial charge on any atom is 0.296 e. The molecule has 0 saturated carbocycles. The van der Waals surface area contributed by atoms with E-state index in [1.165, 1.54) is 29.5 Å². The Labute approximate surface area is 156 Å². The van der Waals surface area contributed by atoms with Crippen molar-refractivity contribution in [1.82, 2.24) is 10.1 Å². The highest BCUT2D eigenvalue weighted by Gasteiger charge is 2.19. The van der Waals surface area contributed by atoms with E-state index in [-0.39, 0.29) is 17.2 Å². The lowest BCUT2D eigenvalue weighted by atomic mass is 10.3. The third-order valence-electron chi connectivity index (χ3n) is 3.58. The Morgan fingerprint density at radius 2 is 1.85 bits per heavy atom. The van der Waals surface area contributed by atoms with Crippen LogP contribution in [-0.4, -0.2) is 27.1 Å². The van der Waals surface area contributed by atoms with Crippen LogP contribution in [0.3, 0.4) is 0 Å². The molecule has 2 aromatic heterocycles. The van der Waals surface area contributed by atoms with Crippen LogP contribution in [-0.2, 0) is 0 Å². The maximum atomic E-state index is 12.3. The van der Waals surface area contributed by atoms with Crippen molar-refractivity contribution in [3.05, 3.63) is 66.1 Å². The Balaban J connectivity index is 1.46. The first-order valence-electron chi connectivity index (χ1n) is 7.82. The number of phenols is 1. The molecule has 0 fully saturated rings. The van der Waals surface area contributed by atoms with Gasteiger partial charge >= 0.3 is 0 Å². The number of nitrogens with zero attached hydrogens (tertiary/aromatic N) is 2. The zero-order valence-corrected chi connectivity index (χ0v) is 14.5. The molecule has 0 radical (unpaired) electrons. The Bertz CT molecular complexity index is 1120. The zero-order chi connectivity index (χ0) is 18.8.